The maximum atomic E-state index is 12.1. The zero-order valence-electron chi connectivity index (χ0n) is 14.5. The molecule has 1 saturated carbocycles. The molecule has 2 amide bonds. The first kappa shape index (κ1) is 18.3. The van der Waals surface area contributed by atoms with Crippen LogP contribution < -0.4 is 10.6 Å². The molecule has 138 valence electrons. The molecule has 1 aromatic carbocycles. The number of aliphatic carboxylic acids is 1. The molecule has 0 atom stereocenters. The van der Waals surface area contributed by atoms with Crippen LogP contribution >= 0.6 is 11.5 Å². The Morgan fingerprint density at radius 3 is 2.69 bits per heavy atom. The largest absolute Gasteiger partial charge is 0.480 e. The minimum Gasteiger partial charge on any atom is -0.480 e. The molecule has 0 unspecified atom stereocenters. The van der Waals surface area contributed by atoms with Crippen molar-refractivity contribution in [3.63, 3.8) is 0 Å². The SMILES string of the molecule is CCN(CC(=O)O)C1CC(NC(=O)Nc2cc(-c3ccccc3)ns2)C1. The van der Waals surface area contributed by atoms with Crippen molar-refractivity contribution < 1.29 is 14.7 Å². The maximum Gasteiger partial charge on any atom is 0.320 e. The molecule has 0 aliphatic heterocycles. The summed E-state index contributed by atoms with van der Waals surface area (Å²) in [5, 5.41) is 15.4. The molecular formula is C18H22N4O3S. The Hall–Kier alpha value is -2.45. The molecule has 1 aromatic heterocycles. The van der Waals surface area contributed by atoms with Crippen LogP contribution in [0, 0.1) is 0 Å². The van der Waals surface area contributed by atoms with E-state index in [0.717, 1.165) is 24.1 Å². The molecule has 0 radical (unpaired) electrons. The van der Waals surface area contributed by atoms with Gasteiger partial charge in [0.05, 0.1) is 12.2 Å². The second kappa shape index (κ2) is 8.29. The van der Waals surface area contributed by atoms with Gasteiger partial charge in [-0.3, -0.25) is 15.0 Å². The van der Waals surface area contributed by atoms with E-state index in [0.29, 0.717) is 11.5 Å². The Bertz CT molecular complexity index is 759. The molecule has 0 bridgehead atoms. The van der Waals surface area contributed by atoms with Crippen LogP contribution in [0.4, 0.5) is 9.80 Å². The number of carboxylic acids is 1. The first-order valence-electron chi connectivity index (χ1n) is 8.60. The van der Waals surface area contributed by atoms with Crippen LogP contribution in [0.2, 0.25) is 0 Å². The number of rotatable bonds is 7. The van der Waals surface area contributed by atoms with Gasteiger partial charge in [-0.1, -0.05) is 37.3 Å². The molecule has 2 aromatic rings. The lowest BCUT2D eigenvalue weighted by Crippen LogP contribution is -2.55. The number of carboxylic acid groups (broad SMARTS) is 1. The van der Waals surface area contributed by atoms with Crippen molar-refractivity contribution in [1.82, 2.24) is 14.6 Å². The second-order valence-corrected chi connectivity index (χ2v) is 7.12. The quantitative estimate of drug-likeness (QED) is 0.693. The normalized spacial score (nSPS) is 19.0. The first-order valence-corrected chi connectivity index (χ1v) is 9.38. The third-order valence-corrected chi connectivity index (χ3v) is 5.23. The van der Waals surface area contributed by atoms with Gasteiger partial charge in [-0.05, 0) is 30.9 Å². The summed E-state index contributed by atoms with van der Waals surface area (Å²) in [6, 6.07) is 11.7. The van der Waals surface area contributed by atoms with E-state index in [1.165, 1.54) is 11.5 Å². The fraction of sp³-hybridized carbons (Fsp3) is 0.389. The summed E-state index contributed by atoms with van der Waals surface area (Å²) >= 11 is 1.25. The predicted octanol–water partition coefficient (Wildman–Crippen LogP) is 2.87. The lowest BCUT2D eigenvalue weighted by atomic mass is 9.85. The van der Waals surface area contributed by atoms with Crippen LogP contribution in [0.1, 0.15) is 19.8 Å². The molecule has 7 nitrogen and oxygen atoms in total. The number of amides is 2. The molecule has 26 heavy (non-hydrogen) atoms. The van der Waals surface area contributed by atoms with Crippen LogP contribution in [0.5, 0.6) is 0 Å². The number of aromatic nitrogens is 1. The zero-order valence-corrected chi connectivity index (χ0v) is 15.3. The monoisotopic (exact) mass is 374 g/mol. The van der Waals surface area contributed by atoms with Crippen molar-refractivity contribution in [1.29, 1.82) is 0 Å². The number of carbonyl (C=O) groups excluding carboxylic acids is 1. The fourth-order valence-electron chi connectivity index (χ4n) is 3.09. The number of nitrogens with one attached hydrogen (secondary N) is 2. The lowest BCUT2D eigenvalue weighted by molar-refractivity contribution is -0.139. The van der Waals surface area contributed by atoms with Crippen molar-refractivity contribution in [2.75, 3.05) is 18.4 Å². The van der Waals surface area contributed by atoms with E-state index in [1.54, 1.807) is 0 Å². The smallest absolute Gasteiger partial charge is 0.320 e. The van der Waals surface area contributed by atoms with Gasteiger partial charge in [0.2, 0.25) is 0 Å². The van der Waals surface area contributed by atoms with Gasteiger partial charge in [0, 0.05) is 23.7 Å². The molecule has 1 aliphatic carbocycles. The zero-order chi connectivity index (χ0) is 18.5. The van der Waals surface area contributed by atoms with Crippen LogP contribution in [-0.2, 0) is 4.79 Å². The standard InChI is InChI=1S/C18H22N4O3S/c1-2-22(11-17(23)24)14-8-13(9-14)19-18(25)20-16-10-15(21-26-16)12-6-4-3-5-7-12/h3-7,10,13-14H,2,8-9,11H2,1H3,(H,23,24)(H2,19,20,25). The van der Waals surface area contributed by atoms with E-state index < -0.39 is 5.97 Å². The average molecular weight is 374 g/mol. The number of urea groups is 1. The second-order valence-electron chi connectivity index (χ2n) is 6.32. The van der Waals surface area contributed by atoms with Crippen LogP contribution in [-0.4, -0.2) is 51.6 Å². The van der Waals surface area contributed by atoms with E-state index in [9.17, 15) is 9.59 Å². The highest BCUT2D eigenvalue weighted by atomic mass is 32.1. The van der Waals surface area contributed by atoms with Gasteiger partial charge in [0.1, 0.15) is 5.00 Å². The van der Waals surface area contributed by atoms with Crippen LogP contribution in [0.15, 0.2) is 36.4 Å². The van der Waals surface area contributed by atoms with E-state index >= 15 is 0 Å². The number of hydrogen-bond acceptors (Lipinski definition) is 5. The Morgan fingerprint density at radius 2 is 2.04 bits per heavy atom. The molecule has 0 spiro atoms. The summed E-state index contributed by atoms with van der Waals surface area (Å²) in [5.41, 5.74) is 1.85. The minimum atomic E-state index is -0.819. The number of carbonyl (C=O) groups is 2. The van der Waals surface area contributed by atoms with Gasteiger partial charge in [-0.15, -0.1) is 0 Å². The van der Waals surface area contributed by atoms with E-state index in [2.05, 4.69) is 15.0 Å². The van der Waals surface area contributed by atoms with Crippen molar-refractivity contribution >= 4 is 28.5 Å². The molecule has 3 rings (SSSR count). The van der Waals surface area contributed by atoms with Crippen LogP contribution in [0.3, 0.4) is 0 Å². The third kappa shape index (κ3) is 4.59. The highest BCUT2D eigenvalue weighted by Crippen LogP contribution is 2.27. The highest BCUT2D eigenvalue weighted by Gasteiger charge is 2.34. The van der Waals surface area contributed by atoms with Crippen molar-refractivity contribution in [2.45, 2.75) is 31.8 Å². The molecular weight excluding hydrogens is 352 g/mol. The van der Waals surface area contributed by atoms with E-state index in [4.69, 9.17) is 5.11 Å². The molecule has 3 N–H and O–H groups in total. The molecule has 1 heterocycles. The summed E-state index contributed by atoms with van der Waals surface area (Å²) < 4.78 is 4.36. The summed E-state index contributed by atoms with van der Waals surface area (Å²) in [5.74, 6) is -0.819. The summed E-state index contributed by atoms with van der Waals surface area (Å²) in [4.78, 5) is 24.9. The fourth-order valence-corrected chi connectivity index (χ4v) is 3.75. The van der Waals surface area contributed by atoms with E-state index in [1.807, 2.05) is 48.2 Å². The Balaban J connectivity index is 1.46. The topological polar surface area (TPSA) is 94.6 Å². The molecule has 1 aliphatic rings. The number of benzene rings is 1. The summed E-state index contributed by atoms with van der Waals surface area (Å²) in [7, 11) is 0. The van der Waals surface area contributed by atoms with E-state index in [-0.39, 0.29) is 24.7 Å². The summed E-state index contributed by atoms with van der Waals surface area (Å²) in [6.07, 6.45) is 1.54. The van der Waals surface area contributed by atoms with Gasteiger partial charge < -0.3 is 10.4 Å². The van der Waals surface area contributed by atoms with Crippen molar-refractivity contribution in [2.24, 2.45) is 0 Å². The van der Waals surface area contributed by atoms with Gasteiger partial charge >= 0.3 is 12.0 Å². The minimum absolute atomic E-state index is 0.0449. The Labute approximate surface area is 156 Å². The highest BCUT2D eigenvalue weighted by molar-refractivity contribution is 7.10. The number of hydrogen-bond donors (Lipinski definition) is 3. The average Bonchev–Trinajstić information content (AvgIpc) is 3.05. The van der Waals surface area contributed by atoms with Gasteiger partial charge in [-0.2, -0.15) is 4.37 Å². The molecule has 8 heteroatoms. The summed E-state index contributed by atoms with van der Waals surface area (Å²) in [6.45, 7) is 2.69. The Morgan fingerprint density at radius 1 is 1.31 bits per heavy atom. The van der Waals surface area contributed by atoms with Gasteiger partial charge in [-0.25, -0.2) is 4.79 Å². The number of nitrogens with zero attached hydrogens (tertiary/aromatic N) is 2. The number of likely N-dealkylation sites (N-methyl/N-ethyl adjacent to an activating group) is 1. The Kier molecular flexibility index (Phi) is 5.85. The first-order chi connectivity index (χ1) is 12.5. The van der Waals surface area contributed by atoms with Crippen molar-refractivity contribution in [3.8, 4) is 11.3 Å². The van der Waals surface area contributed by atoms with Gasteiger partial charge in [0.15, 0.2) is 0 Å². The third-order valence-electron chi connectivity index (χ3n) is 4.53. The predicted molar refractivity (Wildman–Crippen MR) is 101 cm³/mol. The maximum absolute atomic E-state index is 12.1. The molecule has 0 saturated heterocycles. The van der Waals surface area contributed by atoms with Gasteiger partial charge in [0.25, 0.3) is 0 Å². The van der Waals surface area contributed by atoms with Crippen molar-refractivity contribution in [3.05, 3.63) is 36.4 Å². The van der Waals surface area contributed by atoms with Crippen LogP contribution in [0.25, 0.3) is 11.3 Å². The number of anilines is 1. The lowest BCUT2D eigenvalue weighted by Gasteiger charge is -2.42. The molecule has 1 fully saturated rings.